The summed E-state index contributed by atoms with van der Waals surface area (Å²) in [6, 6.07) is 1.86. The van der Waals surface area contributed by atoms with Gasteiger partial charge < -0.3 is 4.74 Å². The summed E-state index contributed by atoms with van der Waals surface area (Å²) in [5.74, 6) is 1.79. The Balaban J connectivity index is 2.12. The Morgan fingerprint density at radius 1 is 1.60 bits per heavy atom. The molecule has 1 unspecified atom stereocenters. The third-order valence-corrected chi connectivity index (χ3v) is 3.26. The van der Waals surface area contributed by atoms with Crippen LogP contribution in [-0.2, 0) is 4.74 Å². The van der Waals surface area contributed by atoms with Gasteiger partial charge in [-0.3, -0.25) is 9.78 Å². The average molecular weight is 223 g/mol. The minimum Gasteiger partial charge on any atom is -0.368 e. The number of hydrogen-bond donors (Lipinski definition) is 0. The van der Waals surface area contributed by atoms with E-state index < -0.39 is 0 Å². The maximum absolute atomic E-state index is 12.0. The lowest BCUT2D eigenvalue weighted by atomic mass is 10.1. The lowest BCUT2D eigenvalue weighted by Crippen LogP contribution is -2.31. The van der Waals surface area contributed by atoms with E-state index in [-0.39, 0.29) is 11.9 Å². The highest BCUT2D eigenvalue weighted by Gasteiger charge is 2.23. The van der Waals surface area contributed by atoms with Crippen molar-refractivity contribution in [3.8, 4) is 0 Å². The number of carbonyl (C=O) groups excluding carboxylic acids is 1. The van der Waals surface area contributed by atoms with E-state index in [0.717, 1.165) is 17.1 Å². The Hall–Kier alpha value is -0.870. The average Bonchev–Trinajstić information content (AvgIpc) is 2.29. The second-order valence-electron chi connectivity index (χ2n) is 3.55. The van der Waals surface area contributed by atoms with Crippen LogP contribution in [0.2, 0.25) is 0 Å². The molecule has 1 saturated heterocycles. The van der Waals surface area contributed by atoms with Gasteiger partial charge in [-0.25, -0.2) is 0 Å². The van der Waals surface area contributed by atoms with Gasteiger partial charge in [0, 0.05) is 29.5 Å². The number of Topliss-reactive ketones (excluding diaryl/α,β-unsaturated/α-hetero) is 1. The number of thioether (sulfide) groups is 1. The number of hydrogen-bond acceptors (Lipinski definition) is 4. The van der Waals surface area contributed by atoms with Crippen LogP contribution in [0.15, 0.2) is 18.5 Å². The first kappa shape index (κ1) is 10.6. The van der Waals surface area contributed by atoms with Crippen LogP contribution in [0.1, 0.15) is 15.9 Å². The molecule has 1 aromatic rings. The fraction of sp³-hybridized carbons (Fsp3) is 0.455. The molecule has 1 aliphatic heterocycles. The predicted octanol–water partition coefficient (Wildman–Crippen LogP) is 1.70. The number of aromatic nitrogens is 1. The van der Waals surface area contributed by atoms with Crippen LogP contribution in [-0.4, -0.2) is 35.0 Å². The molecule has 1 fully saturated rings. The van der Waals surface area contributed by atoms with Gasteiger partial charge in [-0.1, -0.05) is 0 Å². The molecule has 1 aromatic heterocycles. The van der Waals surface area contributed by atoms with Crippen LogP contribution in [0.3, 0.4) is 0 Å². The number of pyridine rings is 1. The highest BCUT2D eigenvalue weighted by atomic mass is 32.2. The molecule has 1 atom stereocenters. The van der Waals surface area contributed by atoms with Gasteiger partial charge in [-0.2, -0.15) is 11.8 Å². The van der Waals surface area contributed by atoms with E-state index in [1.54, 1.807) is 24.2 Å². The number of rotatable bonds is 2. The minimum absolute atomic E-state index is 0.0541. The maximum Gasteiger partial charge on any atom is 0.193 e. The summed E-state index contributed by atoms with van der Waals surface area (Å²) >= 11 is 1.76. The number of carbonyl (C=O) groups is 1. The molecule has 0 radical (unpaired) electrons. The third-order valence-electron chi connectivity index (χ3n) is 2.27. The molecule has 0 saturated carbocycles. The van der Waals surface area contributed by atoms with Gasteiger partial charge in [0.25, 0.3) is 0 Å². The Bertz CT molecular complexity index is 361. The molecular weight excluding hydrogens is 210 g/mol. The normalized spacial score (nSPS) is 21.3. The first-order valence-corrected chi connectivity index (χ1v) is 6.08. The van der Waals surface area contributed by atoms with Gasteiger partial charge in [-0.05, 0) is 18.6 Å². The van der Waals surface area contributed by atoms with E-state index in [0.29, 0.717) is 12.2 Å². The summed E-state index contributed by atoms with van der Waals surface area (Å²) in [6.45, 7) is 2.60. The lowest BCUT2D eigenvalue weighted by molar-refractivity contribution is 0.0518. The van der Waals surface area contributed by atoms with Crippen molar-refractivity contribution in [2.24, 2.45) is 0 Å². The maximum atomic E-state index is 12.0. The Morgan fingerprint density at radius 3 is 3.13 bits per heavy atom. The number of nitrogens with zero attached hydrogens (tertiary/aromatic N) is 1. The van der Waals surface area contributed by atoms with Crippen LogP contribution in [0.25, 0.3) is 0 Å². The zero-order chi connectivity index (χ0) is 10.7. The van der Waals surface area contributed by atoms with Crippen molar-refractivity contribution >= 4 is 17.5 Å². The first-order valence-electron chi connectivity index (χ1n) is 4.92. The van der Waals surface area contributed by atoms with Crippen molar-refractivity contribution in [3.63, 3.8) is 0 Å². The predicted molar refractivity (Wildman–Crippen MR) is 60.4 cm³/mol. The minimum atomic E-state index is -0.285. The molecule has 0 spiro atoms. The van der Waals surface area contributed by atoms with Crippen molar-refractivity contribution in [1.29, 1.82) is 0 Å². The molecule has 1 aliphatic rings. The molecule has 0 aliphatic carbocycles. The van der Waals surface area contributed by atoms with Crippen LogP contribution in [0, 0.1) is 6.92 Å². The van der Waals surface area contributed by atoms with E-state index in [1.165, 1.54) is 0 Å². The molecule has 0 amide bonds. The van der Waals surface area contributed by atoms with E-state index in [9.17, 15) is 4.79 Å². The van der Waals surface area contributed by atoms with Crippen LogP contribution >= 0.6 is 11.8 Å². The Kier molecular flexibility index (Phi) is 3.38. The van der Waals surface area contributed by atoms with Crippen LogP contribution < -0.4 is 0 Å². The van der Waals surface area contributed by atoms with Gasteiger partial charge >= 0.3 is 0 Å². The molecule has 80 valence electrons. The van der Waals surface area contributed by atoms with Crippen LogP contribution in [0.5, 0.6) is 0 Å². The van der Waals surface area contributed by atoms with Crippen molar-refractivity contribution < 1.29 is 9.53 Å². The van der Waals surface area contributed by atoms with Crippen molar-refractivity contribution in [3.05, 3.63) is 29.6 Å². The topological polar surface area (TPSA) is 39.2 Å². The number of ether oxygens (including phenoxy) is 1. The quantitative estimate of drug-likeness (QED) is 0.715. The molecule has 2 rings (SSSR count). The van der Waals surface area contributed by atoms with E-state index in [4.69, 9.17) is 4.74 Å². The molecule has 2 heterocycles. The number of aryl methyl sites for hydroxylation is 1. The summed E-state index contributed by atoms with van der Waals surface area (Å²) in [6.07, 6.45) is 3.07. The summed E-state index contributed by atoms with van der Waals surface area (Å²) < 4.78 is 5.44. The zero-order valence-electron chi connectivity index (χ0n) is 8.60. The SMILES string of the molecule is Cc1cncc(C(=O)C2CSCCO2)c1. The fourth-order valence-electron chi connectivity index (χ4n) is 1.51. The Labute approximate surface area is 93.2 Å². The fourth-order valence-corrected chi connectivity index (χ4v) is 2.36. The molecule has 0 bridgehead atoms. The molecule has 0 N–H and O–H groups in total. The second kappa shape index (κ2) is 4.77. The van der Waals surface area contributed by atoms with Gasteiger partial charge in [0.2, 0.25) is 0 Å². The summed E-state index contributed by atoms with van der Waals surface area (Å²) in [5.41, 5.74) is 1.66. The zero-order valence-corrected chi connectivity index (χ0v) is 9.42. The smallest absolute Gasteiger partial charge is 0.193 e. The lowest BCUT2D eigenvalue weighted by Gasteiger charge is -2.20. The van der Waals surface area contributed by atoms with Gasteiger partial charge in [0.05, 0.1) is 6.61 Å². The first-order chi connectivity index (χ1) is 7.27. The van der Waals surface area contributed by atoms with E-state index in [2.05, 4.69) is 4.98 Å². The van der Waals surface area contributed by atoms with Crippen molar-refractivity contribution in [2.75, 3.05) is 18.1 Å². The third kappa shape index (κ3) is 2.58. The highest BCUT2D eigenvalue weighted by molar-refractivity contribution is 7.99. The molecular formula is C11H13NO2S. The molecule has 4 heteroatoms. The van der Waals surface area contributed by atoms with E-state index in [1.807, 2.05) is 13.0 Å². The van der Waals surface area contributed by atoms with Gasteiger partial charge in [-0.15, -0.1) is 0 Å². The molecule has 3 nitrogen and oxygen atoms in total. The van der Waals surface area contributed by atoms with E-state index >= 15 is 0 Å². The largest absolute Gasteiger partial charge is 0.368 e. The second-order valence-corrected chi connectivity index (χ2v) is 4.70. The monoisotopic (exact) mass is 223 g/mol. The van der Waals surface area contributed by atoms with Crippen LogP contribution in [0.4, 0.5) is 0 Å². The molecule has 15 heavy (non-hydrogen) atoms. The highest BCUT2D eigenvalue weighted by Crippen LogP contribution is 2.16. The van der Waals surface area contributed by atoms with Crippen molar-refractivity contribution in [1.82, 2.24) is 4.98 Å². The van der Waals surface area contributed by atoms with Gasteiger partial charge in [0.15, 0.2) is 5.78 Å². The summed E-state index contributed by atoms with van der Waals surface area (Å²) in [4.78, 5) is 16.0. The standard InChI is InChI=1S/C11H13NO2S/c1-8-4-9(6-12-5-8)11(13)10-7-15-3-2-14-10/h4-6,10H,2-3,7H2,1H3. The van der Waals surface area contributed by atoms with Gasteiger partial charge in [0.1, 0.15) is 6.10 Å². The molecule has 0 aromatic carbocycles. The summed E-state index contributed by atoms with van der Waals surface area (Å²) in [7, 11) is 0. The summed E-state index contributed by atoms with van der Waals surface area (Å²) in [5, 5.41) is 0. The number of ketones is 1. The van der Waals surface area contributed by atoms with Crippen molar-refractivity contribution in [2.45, 2.75) is 13.0 Å². The Morgan fingerprint density at radius 2 is 2.47 bits per heavy atom.